The van der Waals surface area contributed by atoms with E-state index in [2.05, 4.69) is 0 Å². The molecule has 1 aromatic rings. The van der Waals surface area contributed by atoms with Gasteiger partial charge >= 0.3 is 5.97 Å². The maximum atomic E-state index is 12.6. The molecule has 2 unspecified atom stereocenters. The van der Waals surface area contributed by atoms with Crippen molar-refractivity contribution in [2.45, 2.75) is 39.2 Å². The molecule has 1 saturated heterocycles. The molecule has 0 radical (unpaired) electrons. The van der Waals surface area contributed by atoms with Crippen LogP contribution < -0.4 is 4.74 Å². The molecule has 1 N–H and O–H groups in total. The number of aryl methyl sites for hydroxylation is 1. The van der Waals surface area contributed by atoms with E-state index in [9.17, 15) is 9.59 Å². The van der Waals surface area contributed by atoms with Gasteiger partial charge in [0.1, 0.15) is 5.75 Å². The van der Waals surface area contributed by atoms with E-state index in [-0.39, 0.29) is 17.2 Å². The number of hydrogen-bond donors (Lipinski definition) is 1. The van der Waals surface area contributed by atoms with Gasteiger partial charge in [-0.3, -0.25) is 9.59 Å². The van der Waals surface area contributed by atoms with Gasteiger partial charge in [0.15, 0.2) is 6.10 Å². The number of aliphatic carboxylic acids is 1. The van der Waals surface area contributed by atoms with E-state index in [1.807, 2.05) is 13.0 Å². The van der Waals surface area contributed by atoms with E-state index >= 15 is 0 Å². The number of hydrogen-bond acceptors (Lipinski definition) is 3. The SMILES string of the molecule is Cc1cc(OC(C)C(=O)N2CCC3(CC2)CC3C(=O)O)ccc1Cl. The first-order valence-corrected chi connectivity index (χ1v) is 8.65. The molecule has 0 aromatic heterocycles. The molecule has 0 bridgehead atoms. The average molecular weight is 352 g/mol. The zero-order chi connectivity index (χ0) is 17.5. The van der Waals surface area contributed by atoms with E-state index in [0.29, 0.717) is 23.9 Å². The van der Waals surface area contributed by atoms with Crippen molar-refractivity contribution in [1.82, 2.24) is 4.90 Å². The standard InChI is InChI=1S/C18H22ClNO4/c1-11-9-13(3-4-15(11)19)24-12(2)16(21)20-7-5-18(6-8-20)10-14(18)17(22)23/h3-4,9,12,14H,5-8,10H2,1-2H3,(H,22,23). The van der Waals surface area contributed by atoms with Gasteiger partial charge in [-0.05, 0) is 62.3 Å². The number of carboxylic acids is 1. The lowest BCUT2D eigenvalue weighted by Gasteiger charge is -2.34. The largest absolute Gasteiger partial charge is 0.481 e. The van der Waals surface area contributed by atoms with Crippen molar-refractivity contribution in [3.05, 3.63) is 28.8 Å². The Balaban J connectivity index is 1.55. The molecule has 6 heteroatoms. The van der Waals surface area contributed by atoms with Crippen LogP contribution in [-0.4, -0.2) is 41.1 Å². The minimum Gasteiger partial charge on any atom is -0.481 e. The number of likely N-dealkylation sites (tertiary alicyclic amines) is 1. The molecular formula is C18H22ClNO4. The first-order valence-electron chi connectivity index (χ1n) is 8.27. The van der Waals surface area contributed by atoms with Crippen LogP contribution in [0.2, 0.25) is 5.02 Å². The highest BCUT2D eigenvalue weighted by atomic mass is 35.5. The molecular weight excluding hydrogens is 330 g/mol. The van der Waals surface area contributed by atoms with Crippen LogP contribution in [0.25, 0.3) is 0 Å². The molecule has 2 fully saturated rings. The van der Waals surface area contributed by atoms with E-state index in [0.717, 1.165) is 24.8 Å². The van der Waals surface area contributed by atoms with Gasteiger partial charge in [0, 0.05) is 18.1 Å². The molecule has 1 spiro atoms. The summed E-state index contributed by atoms with van der Waals surface area (Å²) in [5, 5.41) is 9.80. The molecule has 1 aromatic carbocycles. The van der Waals surface area contributed by atoms with Crippen LogP contribution in [-0.2, 0) is 9.59 Å². The smallest absolute Gasteiger partial charge is 0.307 e. The number of piperidine rings is 1. The van der Waals surface area contributed by atoms with Crippen LogP contribution in [0.15, 0.2) is 18.2 Å². The third-order valence-corrected chi connectivity index (χ3v) is 5.77. The van der Waals surface area contributed by atoms with Crippen molar-refractivity contribution in [2.75, 3.05) is 13.1 Å². The Bertz CT molecular complexity index is 667. The second kappa shape index (κ2) is 6.28. The molecule has 24 heavy (non-hydrogen) atoms. The maximum absolute atomic E-state index is 12.6. The Labute approximate surface area is 146 Å². The molecule has 1 saturated carbocycles. The number of amides is 1. The van der Waals surface area contributed by atoms with Gasteiger partial charge in [-0.15, -0.1) is 0 Å². The van der Waals surface area contributed by atoms with Gasteiger partial charge in [0.25, 0.3) is 5.91 Å². The Morgan fingerprint density at radius 1 is 1.38 bits per heavy atom. The fourth-order valence-corrected chi connectivity index (χ4v) is 3.74. The summed E-state index contributed by atoms with van der Waals surface area (Å²) in [5.74, 6) is -0.352. The van der Waals surface area contributed by atoms with E-state index in [4.69, 9.17) is 21.4 Å². The normalized spacial score (nSPS) is 23.0. The predicted octanol–water partition coefficient (Wildman–Crippen LogP) is 3.13. The fourth-order valence-electron chi connectivity index (χ4n) is 3.62. The van der Waals surface area contributed by atoms with E-state index in [1.165, 1.54) is 0 Å². The molecule has 1 aliphatic carbocycles. The summed E-state index contributed by atoms with van der Waals surface area (Å²) in [7, 11) is 0. The summed E-state index contributed by atoms with van der Waals surface area (Å²) < 4.78 is 5.75. The Morgan fingerprint density at radius 2 is 2.04 bits per heavy atom. The van der Waals surface area contributed by atoms with E-state index < -0.39 is 12.1 Å². The summed E-state index contributed by atoms with van der Waals surface area (Å²) in [4.78, 5) is 25.5. The van der Waals surface area contributed by atoms with Crippen molar-refractivity contribution in [3.63, 3.8) is 0 Å². The van der Waals surface area contributed by atoms with Crippen LogP contribution in [0.3, 0.4) is 0 Å². The van der Waals surface area contributed by atoms with Gasteiger partial charge in [-0.25, -0.2) is 0 Å². The molecule has 130 valence electrons. The lowest BCUT2D eigenvalue weighted by molar-refractivity contribution is -0.141. The molecule has 1 heterocycles. The number of halogens is 1. The minimum absolute atomic E-state index is 0.0509. The number of ether oxygens (including phenoxy) is 1. The Morgan fingerprint density at radius 3 is 2.58 bits per heavy atom. The second-order valence-corrected chi connectivity index (χ2v) is 7.36. The lowest BCUT2D eigenvalue weighted by atomic mass is 9.90. The third-order valence-electron chi connectivity index (χ3n) is 5.35. The molecule has 3 rings (SSSR count). The highest BCUT2D eigenvalue weighted by molar-refractivity contribution is 6.31. The molecule has 5 nitrogen and oxygen atoms in total. The van der Waals surface area contributed by atoms with Crippen LogP contribution in [0.4, 0.5) is 0 Å². The third kappa shape index (κ3) is 3.22. The highest BCUT2D eigenvalue weighted by Gasteiger charge is 2.59. The van der Waals surface area contributed by atoms with Crippen molar-refractivity contribution in [3.8, 4) is 5.75 Å². The van der Waals surface area contributed by atoms with Gasteiger partial charge in [-0.1, -0.05) is 11.6 Å². The number of carbonyl (C=O) groups is 2. The maximum Gasteiger partial charge on any atom is 0.307 e. The molecule has 1 aliphatic heterocycles. The number of rotatable bonds is 4. The average Bonchev–Trinajstić information content (AvgIpc) is 3.25. The topological polar surface area (TPSA) is 66.8 Å². The van der Waals surface area contributed by atoms with Crippen LogP contribution >= 0.6 is 11.6 Å². The van der Waals surface area contributed by atoms with Crippen molar-refractivity contribution in [1.29, 1.82) is 0 Å². The van der Waals surface area contributed by atoms with Crippen LogP contribution in [0, 0.1) is 18.3 Å². The van der Waals surface area contributed by atoms with Gasteiger partial charge in [-0.2, -0.15) is 0 Å². The summed E-state index contributed by atoms with van der Waals surface area (Å²) in [6, 6.07) is 5.33. The number of carboxylic acid groups (broad SMARTS) is 1. The van der Waals surface area contributed by atoms with Gasteiger partial charge < -0.3 is 14.7 Å². The quantitative estimate of drug-likeness (QED) is 0.905. The Kier molecular flexibility index (Phi) is 4.47. The predicted molar refractivity (Wildman–Crippen MR) is 90.3 cm³/mol. The van der Waals surface area contributed by atoms with E-state index in [1.54, 1.807) is 24.0 Å². The monoisotopic (exact) mass is 351 g/mol. The van der Waals surface area contributed by atoms with Gasteiger partial charge in [0.05, 0.1) is 5.92 Å². The minimum atomic E-state index is -0.704. The molecule has 2 atom stereocenters. The second-order valence-electron chi connectivity index (χ2n) is 6.95. The molecule has 1 amide bonds. The van der Waals surface area contributed by atoms with Crippen LogP contribution in [0.5, 0.6) is 5.75 Å². The highest BCUT2D eigenvalue weighted by Crippen LogP contribution is 2.59. The van der Waals surface area contributed by atoms with Crippen molar-refractivity contribution in [2.24, 2.45) is 11.3 Å². The summed E-state index contributed by atoms with van der Waals surface area (Å²) >= 11 is 6.00. The van der Waals surface area contributed by atoms with Crippen molar-refractivity contribution >= 4 is 23.5 Å². The Hall–Kier alpha value is -1.75. The van der Waals surface area contributed by atoms with Crippen molar-refractivity contribution < 1.29 is 19.4 Å². The zero-order valence-corrected chi connectivity index (χ0v) is 14.7. The number of carbonyl (C=O) groups excluding carboxylic acids is 1. The van der Waals surface area contributed by atoms with Crippen LogP contribution in [0.1, 0.15) is 31.7 Å². The number of benzene rings is 1. The summed E-state index contributed by atoms with van der Waals surface area (Å²) in [6.45, 7) is 4.85. The molecule has 2 aliphatic rings. The summed E-state index contributed by atoms with van der Waals surface area (Å²) in [6.07, 6.45) is 1.71. The zero-order valence-electron chi connectivity index (χ0n) is 13.9. The fraction of sp³-hybridized carbons (Fsp3) is 0.556. The summed E-state index contributed by atoms with van der Waals surface area (Å²) in [5.41, 5.74) is 0.835. The van der Waals surface area contributed by atoms with Gasteiger partial charge in [0.2, 0.25) is 0 Å². The lowest BCUT2D eigenvalue weighted by Crippen LogP contribution is -2.45. The first-order chi connectivity index (χ1) is 11.3. The first kappa shape index (κ1) is 17.1. The number of nitrogens with zero attached hydrogens (tertiary/aromatic N) is 1.